The molecule has 1 aromatic rings. The van der Waals surface area contributed by atoms with Crippen LogP contribution in [0.4, 0.5) is 11.4 Å². The van der Waals surface area contributed by atoms with E-state index in [1.54, 1.807) is 6.07 Å². The highest BCUT2D eigenvalue weighted by Gasteiger charge is 2.28. The third-order valence-electron chi connectivity index (χ3n) is 6.87. The highest BCUT2D eigenvalue weighted by Crippen LogP contribution is 2.33. The van der Waals surface area contributed by atoms with E-state index in [0.717, 1.165) is 31.5 Å². The van der Waals surface area contributed by atoms with Crippen molar-refractivity contribution >= 4 is 27.3 Å². The fourth-order valence-corrected chi connectivity index (χ4v) is 6.34. The standard InChI is InChI=1S/C24H39N3O3S/c1-4-18(2)26-31(29,30)23-17-21(25-24(28)15-12-20-10-5-6-11-20)13-14-22(23)27-16-8-7-9-19(27)3/h13-14,17-20,26H,4-12,15-16H2,1-3H3,(H,25,28)/t18-,19+/m1/s1. The number of anilines is 2. The molecule has 0 spiro atoms. The number of hydrogen-bond acceptors (Lipinski definition) is 4. The van der Waals surface area contributed by atoms with Crippen LogP contribution < -0.4 is 14.9 Å². The van der Waals surface area contributed by atoms with Gasteiger partial charge in [-0.2, -0.15) is 0 Å². The molecule has 1 heterocycles. The average Bonchev–Trinajstić information content (AvgIpc) is 3.26. The number of nitrogens with one attached hydrogen (secondary N) is 2. The predicted molar refractivity (Wildman–Crippen MR) is 127 cm³/mol. The number of rotatable bonds is 9. The lowest BCUT2D eigenvalue weighted by Crippen LogP contribution is -2.39. The Morgan fingerprint density at radius 3 is 2.55 bits per heavy atom. The van der Waals surface area contributed by atoms with Crippen molar-refractivity contribution in [2.45, 2.75) is 102 Å². The van der Waals surface area contributed by atoms with Crippen molar-refractivity contribution in [1.82, 2.24) is 4.72 Å². The Kier molecular flexibility index (Phi) is 8.39. The average molecular weight is 450 g/mol. The highest BCUT2D eigenvalue weighted by atomic mass is 32.2. The van der Waals surface area contributed by atoms with Gasteiger partial charge in [-0.15, -0.1) is 0 Å². The smallest absolute Gasteiger partial charge is 0.242 e. The normalized spacial score (nSPS) is 21.3. The quantitative estimate of drug-likeness (QED) is 0.553. The first-order chi connectivity index (χ1) is 14.8. The molecule has 1 aromatic carbocycles. The summed E-state index contributed by atoms with van der Waals surface area (Å²) < 4.78 is 29.3. The molecule has 1 amide bonds. The number of piperidine rings is 1. The Morgan fingerprint density at radius 2 is 1.87 bits per heavy atom. The van der Waals surface area contributed by atoms with Gasteiger partial charge in [0.15, 0.2) is 0 Å². The first-order valence-electron chi connectivity index (χ1n) is 12.0. The van der Waals surface area contributed by atoms with Gasteiger partial charge in [-0.1, -0.05) is 32.6 Å². The van der Waals surface area contributed by atoms with Crippen molar-refractivity contribution in [3.05, 3.63) is 18.2 Å². The molecule has 31 heavy (non-hydrogen) atoms. The monoisotopic (exact) mass is 449 g/mol. The maximum atomic E-state index is 13.3. The summed E-state index contributed by atoms with van der Waals surface area (Å²) in [6.45, 7) is 6.83. The van der Waals surface area contributed by atoms with Crippen LogP contribution in [0.2, 0.25) is 0 Å². The molecule has 0 radical (unpaired) electrons. The van der Waals surface area contributed by atoms with Crippen LogP contribution in [0.5, 0.6) is 0 Å². The molecule has 0 aromatic heterocycles. The topological polar surface area (TPSA) is 78.5 Å². The van der Waals surface area contributed by atoms with E-state index in [1.807, 2.05) is 26.0 Å². The Bertz CT molecular complexity index is 850. The van der Waals surface area contributed by atoms with Crippen LogP contribution in [0.1, 0.15) is 85.0 Å². The second-order valence-corrected chi connectivity index (χ2v) is 11.1. The minimum atomic E-state index is -3.70. The van der Waals surface area contributed by atoms with Crippen LogP contribution in [-0.4, -0.2) is 33.0 Å². The summed E-state index contributed by atoms with van der Waals surface area (Å²) in [6, 6.07) is 5.47. The van der Waals surface area contributed by atoms with Gasteiger partial charge in [0.05, 0.1) is 5.69 Å². The molecule has 3 rings (SSSR count). The number of nitrogens with zero attached hydrogens (tertiary/aromatic N) is 1. The van der Waals surface area contributed by atoms with E-state index >= 15 is 0 Å². The summed E-state index contributed by atoms with van der Waals surface area (Å²) in [5, 5.41) is 2.94. The Hall–Kier alpha value is -1.60. The lowest BCUT2D eigenvalue weighted by atomic mass is 10.0. The maximum Gasteiger partial charge on any atom is 0.242 e. The Morgan fingerprint density at radius 1 is 1.16 bits per heavy atom. The third-order valence-corrected chi connectivity index (χ3v) is 8.49. The van der Waals surface area contributed by atoms with E-state index in [0.29, 0.717) is 24.4 Å². The van der Waals surface area contributed by atoms with Gasteiger partial charge in [0.1, 0.15) is 4.90 Å². The molecule has 1 saturated heterocycles. The van der Waals surface area contributed by atoms with Gasteiger partial charge in [0.25, 0.3) is 0 Å². The van der Waals surface area contributed by atoms with Gasteiger partial charge in [-0.05, 0) is 70.1 Å². The lowest BCUT2D eigenvalue weighted by Gasteiger charge is -2.36. The molecule has 7 heteroatoms. The van der Waals surface area contributed by atoms with Gasteiger partial charge in [-0.3, -0.25) is 4.79 Å². The first-order valence-corrected chi connectivity index (χ1v) is 13.5. The zero-order valence-electron chi connectivity index (χ0n) is 19.3. The van der Waals surface area contributed by atoms with E-state index in [9.17, 15) is 13.2 Å². The summed E-state index contributed by atoms with van der Waals surface area (Å²) in [7, 11) is -3.70. The summed E-state index contributed by atoms with van der Waals surface area (Å²) in [5.74, 6) is 0.619. The zero-order chi connectivity index (χ0) is 22.4. The summed E-state index contributed by atoms with van der Waals surface area (Å²) in [6.07, 6.45) is 10.4. The van der Waals surface area contributed by atoms with E-state index in [1.165, 1.54) is 32.1 Å². The van der Waals surface area contributed by atoms with Crippen molar-refractivity contribution in [1.29, 1.82) is 0 Å². The van der Waals surface area contributed by atoms with E-state index in [2.05, 4.69) is 21.9 Å². The van der Waals surface area contributed by atoms with E-state index in [-0.39, 0.29) is 22.9 Å². The van der Waals surface area contributed by atoms with Crippen LogP contribution in [0.25, 0.3) is 0 Å². The van der Waals surface area contributed by atoms with Gasteiger partial charge in [-0.25, -0.2) is 13.1 Å². The second-order valence-electron chi connectivity index (χ2n) is 9.39. The van der Waals surface area contributed by atoms with Crippen molar-refractivity contribution in [2.24, 2.45) is 5.92 Å². The summed E-state index contributed by atoms with van der Waals surface area (Å²) in [5.41, 5.74) is 1.28. The van der Waals surface area contributed by atoms with Crippen LogP contribution in [-0.2, 0) is 14.8 Å². The number of benzene rings is 1. The van der Waals surface area contributed by atoms with E-state index < -0.39 is 10.0 Å². The number of amides is 1. The minimum absolute atomic E-state index is 0.0378. The SMILES string of the molecule is CC[C@@H](C)NS(=O)(=O)c1cc(NC(=O)CCC2CCCC2)ccc1N1CCCC[C@@H]1C. The summed E-state index contributed by atoms with van der Waals surface area (Å²) in [4.78, 5) is 15.0. The van der Waals surface area contributed by atoms with Crippen molar-refractivity contribution in [2.75, 3.05) is 16.8 Å². The Labute approximate surface area is 188 Å². The van der Waals surface area contributed by atoms with Gasteiger partial charge < -0.3 is 10.2 Å². The molecule has 2 N–H and O–H groups in total. The maximum absolute atomic E-state index is 13.3. The largest absolute Gasteiger partial charge is 0.368 e. The van der Waals surface area contributed by atoms with Crippen LogP contribution in [0.3, 0.4) is 0 Å². The lowest BCUT2D eigenvalue weighted by molar-refractivity contribution is -0.116. The zero-order valence-corrected chi connectivity index (χ0v) is 20.1. The van der Waals surface area contributed by atoms with E-state index in [4.69, 9.17) is 0 Å². The number of carbonyl (C=O) groups is 1. The van der Waals surface area contributed by atoms with Crippen LogP contribution in [0.15, 0.2) is 23.1 Å². The second kappa shape index (κ2) is 10.8. The number of carbonyl (C=O) groups excluding carboxylic acids is 1. The summed E-state index contributed by atoms with van der Waals surface area (Å²) >= 11 is 0. The molecule has 0 bridgehead atoms. The van der Waals surface area contributed by atoms with Crippen molar-refractivity contribution in [3.8, 4) is 0 Å². The van der Waals surface area contributed by atoms with Crippen molar-refractivity contribution < 1.29 is 13.2 Å². The molecule has 1 aliphatic heterocycles. The van der Waals surface area contributed by atoms with Crippen LogP contribution >= 0.6 is 0 Å². The molecular formula is C24H39N3O3S. The molecule has 2 fully saturated rings. The van der Waals surface area contributed by atoms with Crippen LogP contribution in [0, 0.1) is 5.92 Å². The molecule has 0 unspecified atom stereocenters. The van der Waals surface area contributed by atoms with Gasteiger partial charge >= 0.3 is 0 Å². The molecule has 174 valence electrons. The van der Waals surface area contributed by atoms with Gasteiger partial charge in [0, 0.05) is 30.7 Å². The Balaban J connectivity index is 1.82. The molecule has 1 saturated carbocycles. The first kappa shape index (κ1) is 24.1. The highest BCUT2D eigenvalue weighted by molar-refractivity contribution is 7.89. The van der Waals surface area contributed by atoms with Crippen molar-refractivity contribution in [3.63, 3.8) is 0 Å². The minimum Gasteiger partial charge on any atom is -0.368 e. The fourth-order valence-electron chi connectivity index (χ4n) is 4.77. The number of sulfonamides is 1. The fraction of sp³-hybridized carbons (Fsp3) is 0.708. The molecule has 2 aliphatic rings. The molecule has 1 aliphatic carbocycles. The molecule has 6 nitrogen and oxygen atoms in total. The molecular weight excluding hydrogens is 410 g/mol. The predicted octanol–water partition coefficient (Wildman–Crippen LogP) is 5.05. The molecule has 2 atom stereocenters. The third kappa shape index (κ3) is 6.45. The van der Waals surface area contributed by atoms with Gasteiger partial charge in [0.2, 0.25) is 15.9 Å². The number of hydrogen-bond donors (Lipinski definition) is 2.